The van der Waals surface area contributed by atoms with E-state index < -0.39 is 0 Å². The summed E-state index contributed by atoms with van der Waals surface area (Å²) in [6.07, 6.45) is 4.68. The van der Waals surface area contributed by atoms with Gasteiger partial charge in [0.15, 0.2) is 0 Å². The van der Waals surface area contributed by atoms with Crippen LogP contribution >= 0.6 is 0 Å². The van der Waals surface area contributed by atoms with E-state index in [4.69, 9.17) is 0 Å². The molecule has 5 nitrogen and oxygen atoms in total. The number of piperidine rings is 1. The summed E-state index contributed by atoms with van der Waals surface area (Å²) in [7, 11) is 0. The Balaban J connectivity index is 1.47. The van der Waals surface area contributed by atoms with Crippen LogP contribution in [0.2, 0.25) is 0 Å². The van der Waals surface area contributed by atoms with Crippen LogP contribution in [0.5, 0.6) is 0 Å². The largest absolute Gasteiger partial charge is 0.350 e. The molecule has 1 aliphatic carbocycles. The lowest BCUT2D eigenvalue weighted by atomic mass is 10.00. The molecule has 22 heavy (non-hydrogen) atoms. The molecule has 1 N–H and O–H groups in total. The van der Waals surface area contributed by atoms with Gasteiger partial charge in [-0.3, -0.25) is 14.6 Å². The second-order valence-corrected chi connectivity index (χ2v) is 6.52. The lowest BCUT2D eigenvalue weighted by Crippen LogP contribution is -2.40. The Bertz CT molecular complexity index is 546. The zero-order chi connectivity index (χ0) is 15.5. The minimum absolute atomic E-state index is 0.0194. The molecule has 0 spiro atoms. The molecule has 5 heteroatoms. The number of carbonyl (C=O) groups excluding carboxylic acids is 2. The Morgan fingerprint density at radius 1 is 1.36 bits per heavy atom. The molecule has 0 aromatic carbocycles. The quantitative estimate of drug-likeness (QED) is 0.918. The molecule has 118 valence electrons. The molecule has 1 saturated heterocycles. The normalized spacial score (nSPS) is 27.3. The standard InChI is InChI=1S/C17H23N3O2/c1-12-5-4-8-20(11-12)17(22)15-9-14(15)16(21)19-10-13-6-2-3-7-18-13/h2-3,6-7,12,14-15H,4-5,8-11H2,1H3,(H,19,21). The molecule has 0 bridgehead atoms. The predicted octanol–water partition coefficient (Wildman–Crippen LogP) is 1.59. The first-order valence-electron chi connectivity index (χ1n) is 8.11. The summed E-state index contributed by atoms with van der Waals surface area (Å²) in [5.41, 5.74) is 0.837. The monoisotopic (exact) mass is 301 g/mol. The molecule has 1 saturated carbocycles. The van der Waals surface area contributed by atoms with Crippen LogP contribution in [0, 0.1) is 17.8 Å². The Labute approximate surface area is 131 Å². The minimum Gasteiger partial charge on any atom is -0.350 e. The van der Waals surface area contributed by atoms with Crippen LogP contribution in [-0.2, 0) is 16.1 Å². The van der Waals surface area contributed by atoms with Gasteiger partial charge < -0.3 is 10.2 Å². The van der Waals surface area contributed by atoms with E-state index in [1.165, 1.54) is 6.42 Å². The van der Waals surface area contributed by atoms with E-state index in [1.807, 2.05) is 23.1 Å². The Morgan fingerprint density at radius 3 is 2.95 bits per heavy atom. The van der Waals surface area contributed by atoms with Gasteiger partial charge in [-0.05, 0) is 37.3 Å². The van der Waals surface area contributed by atoms with Gasteiger partial charge in [0.05, 0.1) is 24.1 Å². The lowest BCUT2D eigenvalue weighted by Gasteiger charge is -2.31. The fourth-order valence-electron chi connectivity index (χ4n) is 3.19. The van der Waals surface area contributed by atoms with E-state index >= 15 is 0 Å². The van der Waals surface area contributed by atoms with E-state index in [1.54, 1.807) is 6.20 Å². The first kappa shape index (κ1) is 15.0. The van der Waals surface area contributed by atoms with Crippen LogP contribution in [0.1, 0.15) is 31.9 Å². The van der Waals surface area contributed by atoms with Gasteiger partial charge in [0.1, 0.15) is 0 Å². The van der Waals surface area contributed by atoms with E-state index in [9.17, 15) is 9.59 Å². The molecule has 3 atom stereocenters. The third-order valence-electron chi connectivity index (χ3n) is 4.58. The third-order valence-corrected chi connectivity index (χ3v) is 4.58. The van der Waals surface area contributed by atoms with Crippen LogP contribution in [0.4, 0.5) is 0 Å². The Hall–Kier alpha value is -1.91. The molecule has 2 heterocycles. The maximum Gasteiger partial charge on any atom is 0.226 e. The van der Waals surface area contributed by atoms with Gasteiger partial charge >= 0.3 is 0 Å². The molecular weight excluding hydrogens is 278 g/mol. The van der Waals surface area contributed by atoms with Crippen LogP contribution in [0.15, 0.2) is 24.4 Å². The van der Waals surface area contributed by atoms with E-state index in [2.05, 4.69) is 17.2 Å². The van der Waals surface area contributed by atoms with Crippen molar-refractivity contribution in [1.82, 2.24) is 15.2 Å². The van der Waals surface area contributed by atoms with E-state index in [-0.39, 0.29) is 23.7 Å². The maximum atomic E-state index is 12.4. The zero-order valence-electron chi connectivity index (χ0n) is 13.0. The van der Waals surface area contributed by atoms with Crippen molar-refractivity contribution in [1.29, 1.82) is 0 Å². The maximum absolute atomic E-state index is 12.4. The van der Waals surface area contributed by atoms with Gasteiger partial charge in [-0.25, -0.2) is 0 Å². The average molecular weight is 301 g/mol. The van der Waals surface area contributed by atoms with Gasteiger partial charge in [-0.1, -0.05) is 13.0 Å². The van der Waals surface area contributed by atoms with E-state index in [0.717, 1.165) is 25.2 Å². The number of nitrogens with zero attached hydrogens (tertiary/aromatic N) is 2. The summed E-state index contributed by atoms with van der Waals surface area (Å²) in [5, 5.41) is 2.89. The number of hydrogen-bond acceptors (Lipinski definition) is 3. The summed E-state index contributed by atoms with van der Waals surface area (Å²) >= 11 is 0. The first-order valence-corrected chi connectivity index (χ1v) is 8.11. The topological polar surface area (TPSA) is 62.3 Å². The molecule has 3 rings (SSSR count). The number of hydrogen-bond donors (Lipinski definition) is 1. The van der Waals surface area contributed by atoms with Crippen LogP contribution in [0.25, 0.3) is 0 Å². The van der Waals surface area contributed by atoms with Crippen molar-refractivity contribution in [3.63, 3.8) is 0 Å². The number of nitrogens with one attached hydrogen (secondary N) is 1. The zero-order valence-corrected chi connectivity index (χ0v) is 13.0. The Kier molecular flexibility index (Phi) is 4.41. The average Bonchev–Trinajstić information content (AvgIpc) is 3.33. The molecule has 2 amide bonds. The van der Waals surface area contributed by atoms with Gasteiger partial charge in [-0.2, -0.15) is 0 Å². The van der Waals surface area contributed by atoms with Crippen molar-refractivity contribution in [2.24, 2.45) is 17.8 Å². The first-order chi connectivity index (χ1) is 10.6. The summed E-state index contributed by atoms with van der Waals surface area (Å²) in [4.78, 5) is 30.7. The SMILES string of the molecule is CC1CCCN(C(=O)C2CC2C(=O)NCc2ccccn2)C1. The van der Waals surface area contributed by atoms with Gasteiger partial charge in [0.2, 0.25) is 11.8 Å². The van der Waals surface area contributed by atoms with Gasteiger partial charge in [-0.15, -0.1) is 0 Å². The van der Waals surface area contributed by atoms with Crippen molar-refractivity contribution < 1.29 is 9.59 Å². The number of rotatable bonds is 4. The molecule has 2 fully saturated rings. The fraction of sp³-hybridized carbons (Fsp3) is 0.588. The summed E-state index contributed by atoms with van der Waals surface area (Å²) < 4.78 is 0. The smallest absolute Gasteiger partial charge is 0.226 e. The summed E-state index contributed by atoms with van der Waals surface area (Å²) in [6, 6.07) is 5.63. The molecular formula is C17H23N3O2. The van der Waals surface area contributed by atoms with Crippen molar-refractivity contribution in [2.75, 3.05) is 13.1 Å². The second kappa shape index (κ2) is 6.46. The van der Waals surface area contributed by atoms with Crippen LogP contribution in [0.3, 0.4) is 0 Å². The van der Waals surface area contributed by atoms with E-state index in [0.29, 0.717) is 18.9 Å². The highest BCUT2D eigenvalue weighted by Crippen LogP contribution is 2.40. The number of likely N-dealkylation sites (tertiary alicyclic amines) is 1. The van der Waals surface area contributed by atoms with Crippen molar-refractivity contribution in [3.05, 3.63) is 30.1 Å². The highest BCUT2D eigenvalue weighted by molar-refractivity contribution is 5.92. The highest BCUT2D eigenvalue weighted by Gasteiger charge is 2.49. The van der Waals surface area contributed by atoms with Gasteiger partial charge in [0, 0.05) is 19.3 Å². The molecule has 3 unspecified atom stereocenters. The molecule has 1 aromatic rings. The number of carbonyl (C=O) groups is 2. The second-order valence-electron chi connectivity index (χ2n) is 6.52. The van der Waals surface area contributed by atoms with Crippen molar-refractivity contribution >= 4 is 11.8 Å². The highest BCUT2D eigenvalue weighted by atomic mass is 16.2. The summed E-state index contributed by atoms with van der Waals surface area (Å²) in [6.45, 7) is 4.31. The summed E-state index contributed by atoms with van der Waals surface area (Å²) in [5.74, 6) is 0.481. The number of aromatic nitrogens is 1. The predicted molar refractivity (Wildman–Crippen MR) is 82.7 cm³/mol. The van der Waals surface area contributed by atoms with Crippen LogP contribution < -0.4 is 5.32 Å². The van der Waals surface area contributed by atoms with Crippen molar-refractivity contribution in [3.8, 4) is 0 Å². The van der Waals surface area contributed by atoms with Crippen molar-refractivity contribution in [2.45, 2.75) is 32.7 Å². The molecule has 1 aromatic heterocycles. The number of pyridine rings is 1. The van der Waals surface area contributed by atoms with Crippen LogP contribution in [-0.4, -0.2) is 34.8 Å². The number of amides is 2. The Morgan fingerprint density at radius 2 is 2.23 bits per heavy atom. The molecule has 1 aliphatic heterocycles. The lowest BCUT2D eigenvalue weighted by molar-refractivity contribution is -0.136. The third kappa shape index (κ3) is 3.46. The molecule has 2 aliphatic rings. The molecule has 0 radical (unpaired) electrons. The minimum atomic E-state index is -0.145. The van der Waals surface area contributed by atoms with Gasteiger partial charge in [0.25, 0.3) is 0 Å². The fourth-order valence-corrected chi connectivity index (χ4v) is 3.19.